The molecule has 0 radical (unpaired) electrons. The molecule has 7 aromatic carbocycles. The summed E-state index contributed by atoms with van der Waals surface area (Å²) in [5.41, 5.74) is 16.4. The molecular weight excluding hydrogens is 667 g/mol. The Labute approximate surface area is 322 Å². The van der Waals surface area contributed by atoms with Crippen LogP contribution >= 0.6 is 0 Å². The van der Waals surface area contributed by atoms with Crippen molar-refractivity contribution >= 4 is 66.0 Å². The summed E-state index contributed by atoms with van der Waals surface area (Å²) in [6.45, 7) is 4.79. The van der Waals surface area contributed by atoms with E-state index in [1.165, 1.54) is 77.6 Å². The van der Waals surface area contributed by atoms with E-state index in [9.17, 15) is 0 Å². The van der Waals surface area contributed by atoms with Gasteiger partial charge in [0.25, 0.3) is 0 Å². The fraction of sp³-hybridized carbons (Fsp3) is 0.132. The number of hydrogen-bond acceptors (Lipinski definition) is 2. The number of nitrogens with zero attached hydrogens (tertiary/aromatic N) is 1. The minimum absolute atomic E-state index is 0.0127. The molecule has 0 spiro atoms. The van der Waals surface area contributed by atoms with Crippen LogP contribution in [0.15, 0.2) is 180 Å². The molecular formula is C53H41NO. The monoisotopic (exact) mass is 707 g/mol. The Hall–Kier alpha value is -6.38. The molecule has 0 amide bonds. The molecule has 0 aliphatic heterocycles. The van der Waals surface area contributed by atoms with E-state index in [0.717, 1.165) is 53.2 Å². The van der Waals surface area contributed by atoms with Gasteiger partial charge in [-0.25, -0.2) is 0 Å². The molecule has 1 aromatic heterocycles. The average molecular weight is 708 g/mol. The number of anilines is 2. The molecule has 0 unspecified atom stereocenters. The van der Waals surface area contributed by atoms with Crippen molar-refractivity contribution in [2.75, 3.05) is 4.90 Å². The van der Waals surface area contributed by atoms with Crippen LogP contribution in [-0.2, 0) is 5.41 Å². The molecule has 264 valence electrons. The molecule has 55 heavy (non-hydrogen) atoms. The molecule has 2 heteroatoms. The van der Waals surface area contributed by atoms with Crippen molar-refractivity contribution in [2.45, 2.75) is 44.9 Å². The number of hydrogen-bond donors (Lipinski definition) is 0. The van der Waals surface area contributed by atoms with Gasteiger partial charge in [-0.2, -0.15) is 0 Å². The lowest BCUT2D eigenvalue weighted by Crippen LogP contribution is -2.20. The van der Waals surface area contributed by atoms with Crippen molar-refractivity contribution in [1.29, 1.82) is 0 Å². The second kappa shape index (κ2) is 12.3. The van der Waals surface area contributed by atoms with Gasteiger partial charge in [0.2, 0.25) is 0 Å². The molecule has 8 aromatic rings. The third-order valence-corrected chi connectivity index (χ3v) is 12.4. The van der Waals surface area contributed by atoms with E-state index in [2.05, 4.69) is 183 Å². The van der Waals surface area contributed by atoms with Crippen LogP contribution in [0.5, 0.6) is 0 Å². The van der Waals surface area contributed by atoms with Gasteiger partial charge >= 0.3 is 0 Å². The topological polar surface area (TPSA) is 16.4 Å². The van der Waals surface area contributed by atoms with Gasteiger partial charge in [0, 0.05) is 44.2 Å². The minimum atomic E-state index is -0.0127. The highest BCUT2D eigenvalue weighted by atomic mass is 16.3. The van der Waals surface area contributed by atoms with Gasteiger partial charge in [0.15, 0.2) is 0 Å². The second-order valence-electron chi connectivity index (χ2n) is 15.9. The first-order valence-corrected chi connectivity index (χ1v) is 19.7. The number of benzene rings is 7. The van der Waals surface area contributed by atoms with Crippen LogP contribution in [0.4, 0.5) is 11.4 Å². The quantitative estimate of drug-likeness (QED) is 0.177. The molecule has 1 heterocycles. The highest BCUT2D eigenvalue weighted by molar-refractivity contribution is 6.19. The van der Waals surface area contributed by atoms with E-state index in [-0.39, 0.29) is 5.41 Å². The van der Waals surface area contributed by atoms with Crippen molar-refractivity contribution in [3.63, 3.8) is 0 Å². The van der Waals surface area contributed by atoms with E-state index in [1.54, 1.807) is 0 Å². The van der Waals surface area contributed by atoms with Crippen LogP contribution in [0, 0.1) is 0 Å². The highest BCUT2D eigenvalue weighted by Crippen LogP contribution is 2.52. The molecule has 3 aliphatic carbocycles. The molecule has 0 saturated heterocycles. The summed E-state index contributed by atoms with van der Waals surface area (Å²) >= 11 is 0. The number of furan rings is 1. The lowest BCUT2D eigenvalue weighted by atomic mass is 9.80. The van der Waals surface area contributed by atoms with Crippen LogP contribution < -0.4 is 4.90 Å². The first-order chi connectivity index (χ1) is 27.0. The lowest BCUT2D eigenvalue weighted by molar-refractivity contribution is 0.651. The zero-order valence-corrected chi connectivity index (χ0v) is 31.3. The Kier molecular flexibility index (Phi) is 7.19. The molecule has 0 N–H and O–H groups in total. The van der Waals surface area contributed by atoms with Crippen molar-refractivity contribution in [3.8, 4) is 11.1 Å². The van der Waals surface area contributed by atoms with Gasteiger partial charge in [-0.05, 0) is 123 Å². The second-order valence-corrected chi connectivity index (χ2v) is 15.9. The Morgan fingerprint density at radius 3 is 2.18 bits per heavy atom. The van der Waals surface area contributed by atoms with Gasteiger partial charge in [-0.15, -0.1) is 0 Å². The third kappa shape index (κ3) is 5.01. The zero-order valence-electron chi connectivity index (χ0n) is 31.3. The Morgan fingerprint density at radius 2 is 1.33 bits per heavy atom. The summed E-state index contributed by atoms with van der Waals surface area (Å²) in [6.07, 6.45) is 13.6. The zero-order chi connectivity index (χ0) is 36.7. The number of fused-ring (bicyclic) bond motifs is 8. The van der Waals surface area contributed by atoms with Gasteiger partial charge in [0.05, 0.1) is 0 Å². The molecule has 11 rings (SSSR count). The number of allylic oxidation sites excluding steroid dienone is 8. The predicted molar refractivity (Wildman–Crippen MR) is 233 cm³/mol. The summed E-state index contributed by atoms with van der Waals surface area (Å²) in [6, 6.07) is 51.1. The minimum Gasteiger partial charge on any atom is -0.455 e. The van der Waals surface area contributed by atoms with E-state index < -0.39 is 0 Å². The van der Waals surface area contributed by atoms with Gasteiger partial charge < -0.3 is 9.32 Å². The van der Waals surface area contributed by atoms with Crippen molar-refractivity contribution in [2.24, 2.45) is 0 Å². The maximum absolute atomic E-state index is 6.88. The fourth-order valence-corrected chi connectivity index (χ4v) is 9.69. The maximum atomic E-state index is 6.88. The van der Waals surface area contributed by atoms with Crippen LogP contribution in [0.1, 0.15) is 56.2 Å². The molecule has 0 bridgehead atoms. The summed E-state index contributed by atoms with van der Waals surface area (Å²) < 4.78 is 6.88. The molecule has 0 fully saturated rings. The summed E-state index contributed by atoms with van der Waals surface area (Å²) in [7, 11) is 0. The van der Waals surface area contributed by atoms with Gasteiger partial charge in [-0.1, -0.05) is 135 Å². The van der Waals surface area contributed by atoms with E-state index in [0.29, 0.717) is 0 Å². The number of para-hydroxylation sites is 2. The van der Waals surface area contributed by atoms with Crippen LogP contribution in [0.25, 0.3) is 65.8 Å². The normalized spacial score (nSPS) is 16.1. The Balaban J connectivity index is 1.03. The SMILES string of the molecule is CC1(C)C2=C(CCC=C2)c2ccc(N(C3=CC=C(c4cc5c6cccc(-c7ccc8ccccc8c7)c6oc5c5ccccc45)CC3)c3ccccc3)cc21. The van der Waals surface area contributed by atoms with E-state index in [4.69, 9.17) is 4.42 Å². The first-order valence-electron chi connectivity index (χ1n) is 19.7. The van der Waals surface area contributed by atoms with Gasteiger partial charge in [-0.3, -0.25) is 0 Å². The molecule has 0 saturated carbocycles. The number of rotatable bonds is 5. The van der Waals surface area contributed by atoms with Crippen LogP contribution in [-0.4, -0.2) is 0 Å². The Bertz CT molecular complexity index is 3000. The smallest absolute Gasteiger partial charge is 0.143 e. The van der Waals surface area contributed by atoms with E-state index >= 15 is 0 Å². The first kappa shape index (κ1) is 32.1. The molecule has 0 atom stereocenters. The van der Waals surface area contributed by atoms with Crippen molar-refractivity contribution < 1.29 is 4.42 Å². The lowest BCUT2D eigenvalue weighted by Gasteiger charge is -2.31. The van der Waals surface area contributed by atoms with Crippen LogP contribution in [0.2, 0.25) is 0 Å². The largest absolute Gasteiger partial charge is 0.455 e. The fourth-order valence-electron chi connectivity index (χ4n) is 9.69. The summed E-state index contributed by atoms with van der Waals surface area (Å²) in [4.78, 5) is 2.48. The standard InChI is InChI=1S/C53H41NO/c1-53(2)49-22-11-10-18-43(49)44-30-29-40(32-50(44)53)54(38-15-4-3-5-16-38)39-27-25-35(26-28-39)47-33-48-46-21-12-20-41(37-24-23-34-13-6-7-14-36(34)31-37)51(46)55-52(48)45-19-9-8-17-42(45)47/h3-9,11-17,19-25,27,29-33H,10,18,26,28H2,1-2H3. The predicted octanol–water partition coefficient (Wildman–Crippen LogP) is 14.9. The van der Waals surface area contributed by atoms with Gasteiger partial charge in [0.1, 0.15) is 11.2 Å². The third-order valence-electron chi connectivity index (χ3n) is 12.4. The average Bonchev–Trinajstić information content (AvgIpc) is 3.73. The molecule has 3 aliphatic rings. The summed E-state index contributed by atoms with van der Waals surface area (Å²) in [5, 5.41) is 7.19. The molecule has 2 nitrogen and oxygen atoms in total. The van der Waals surface area contributed by atoms with E-state index in [1.807, 2.05) is 0 Å². The maximum Gasteiger partial charge on any atom is 0.143 e. The van der Waals surface area contributed by atoms with Crippen LogP contribution in [0.3, 0.4) is 0 Å². The van der Waals surface area contributed by atoms with Crippen molar-refractivity contribution in [3.05, 3.63) is 192 Å². The summed E-state index contributed by atoms with van der Waals surface area (Å²) in [5.74, 6) is 0. The Morgan fingerprint density at radius 1 is 0.545 bits per heavy atom. The highest BCUT2D eigenvalue weighted by Gasteiger charge is 2.37. The van der Waals surface area contributed by atoms with Crippen molar-refractivity contribution in [1.82, 2.24) is 0 Å².